The number of hydrogen-bond acceptors (Lipinski definition) is 11. The molecule has 44 heavy (non-hydrogen) atoms. The first-order valence-electron chi connectivity index (χ1n) is 13.6. The van der Waals surface area contributed by atoms with Crippen LogP contribution in [0.5, 0.6) is 11.5 Å². The van der Waals surface area contributed by atoms with Crippen LogP contribution in [-0.2, 0) is 32.5 Å². The van der Waals surface area contributed by atoms with Gasteiger partial charge in [-0.2, -0.15) is 0 Å². The van der Waals surface area contributed by atoms with E-state index in [0.717, 1.165) is 36.0 Å². The van der Waals surface area contributed by atoms with Crippen LogP contribution in [0.25, 0.3) is 0 Å². The van der Waals surface area contributed by atoms with Crippen molar-refractivity contribution in [2.24, 2.45) is 0 Å². The summed E-state index contributed by atoms with van der Waals surface area (Å²) in [5.74, 6) is -1.06. The van der Waals surface area contributed by atoms with Gasteiger partial charge in [-0.15, -0.1) is 11.3 Å². The molecule has 14 heteroatoms. The minimum absolute atomic E-state index is 0.0732. The number of nitrogens with zero attached hydrogens (tertiary/aromatic N) is 3. The summed E-state index contributed by atoms with van der Waals surface area (Å²) in [4.78, 5) is 44.8. The molecule has 2 amide bonds. The molecule has 0 unspecified atom stereocenters. The molecule has 12 nitrogen and oxygen atoms in total. The van der Waals surface area contributed by atoms with Crippen molar-refractivity contribution < 1.29 is 41.7 Å². The maximum Gasteiger partial charge on any atom is 0.423 e. The zero-order valence-corrected chi connectivity index (χ0v) is 27.0. The van der Waals surface area contributed by atoms with Crippen molar-refractivity contribution in [2.75, 3.05) is 53.9 Å². The van der Waals surface area contributed by atoms with Gasteiger partial charge in [0, 0.05) is 30.2 Å². The van der Waals surface area contributed by atoms with Gasteiger partial charge in [-0.1, -0.05) is 30.3 Å². The van der Waals surface area contributed by atoms with Crippen molar-refractivity contribution in [3.8, 4) is 11.5 Å². The minimum Gasteiger partial charge on any atom is -0.496 e. The third kappa shape index (κ3) is 9.00. The number of amides is 2. The van der Waals surface area contributed by atoms with E-state index in [1.54, 1.807) is 17.0 Å². The van der Waals surface area contributed by atoms with Crippen LogP contribution in [0.1, 0.15) is 43.4 Å². The number of ether oxygens (including phenoxy) is 4. The first-order chi connectivity index (χ1) is 21.0. The largest absolute Gasteiger partial charge is 0.496 e. The topological polar surface area (TPSA) is 142 Å². The lowest BCUT2D eigenvalue weighted by Crippen LogP contribution is -2.42. The van der Waals surface area contributed by atoms with Gasteiger partial charge in [0.15, 0.2) is 5.78 Å². The van der Waals surface area contributed by atoms with Crippen LogP contribution in [0.3, 0.4) is 0 Å². The monoisotopic (exact) mass is 647 g/mol. The molecule has 0 aliphatic rings. The molecule has 0 saturated carbocycles. The molecule has 3 aromatic rings. The third-order valence-electron chi connectivity index (χ3n) is 6.71. The van der Waals surface area contributed by atoms with E-state index in [2.05, 4.69) is 9.72 Å². The van der Waals surface area contributed by atoms with Gasteiger partial charge >= 0.3 is 6.09 Å². The van der Waals surface area contributed by atoms with Gasteiger partial charge in [-0.25, -0.2) is 22.5 Å². The number of aromatic nitrogens is 1. The van der Waals surface area contributed by atoms with Gasteiger partial charge in [-0.3, -0.25) is 9.59 Å². The highest BCUT2D eigenvalue weighted by atomic mass is 32.2. The lowest BCUT2D eigenvalue weighted by molar-refractivity contribution is 0.0740. The molecular formula is C30H37N3O9S2. The molecule has 0 saturated heterocycles. The van der Waals surface area contributed by atoms with Crippen molar-refractivity contribution >= 4 is 39.1 Å². The van der Waals surface area contributed by atoms with Crippen LogP contribution in [0.4, 0.5) is 4.79 Å². The standard InChI is InChI=1S/C30H37N3O9S2/c1-21-26(40-3)16-23(17-27(21)41-4)29(35)32(13-9-12-22-10-7-6-8-11-22)18-28-31-24(19-43-28)25(34)20-44(37,38)33(14-15-39-2)30(36)42-5/h6-8,10-11,16-17,19H,9,12-15,18,20H2,1-5H3. The van der Waals surface area contributed by atoms with E-state index < -0.39 is 27.7 Å². The molecule has 3 rings (SSSR count). The summed E-state index contributed by atoms with van der Waals surface area (Å²) < 4.78 is 46.5. The van der Waals surface area contributed by atoms with Crippen molar-refractivity contribution in [1.29, 1.82) is 0 Å². The normalized spacial score (nSPS) is 11.1. The van der Waals surface area contributed by atoms with Gasteiger partial charge in [0.05, 0.1) is 41.0 Å². The Kier molecular flexibility index (Phi) is 12.7. The van der Waals surface area contributed by atoms with E-state index in [-0.39, 0.29) is 31.3 Å². The van der Waals surface area contributed by atoms with Gasteiger partial charge in [0.25, 0.3) is 5.91 Å². The number of rotatable bonds is 16. The Labute approximate surface area is 261 Å². The summed E-state index contributed by atoms with van der Waals surface area (Å²) in [5.41, 5.74) is 2.17. The first-order valence-corrected chi connectivity index (χ1v) is 16.1. The molecule has 1 aromatic heterocycles. The Bertz CT molecular complexity index is 1520. The molecule has 0 aliphatic heterocycles. The van der Waals surface area contributed by atoms with Gasteiger partial charge < -0.3 is 23.8 Å². The predicted octanol–water partition coefficient (Wildman–Crippen LogP) is 3.97. The lowest BCUT2D eigenvalue weighted by atomic mass is 10.1. The molecule has 0 radical (unpaired) electrons. The Morgan fingerprint density at radius 1 is 0.955 bits per heavy atom. The molecule has 0 spiro atoms. The number of ketones is 1. The highest BCUT2D eigenvalue weighted by Gasteiger charge is 2.31. The molecule has 2 aromatic carbocycles. The highest BCUT2D eigenvalue weighted by molar-refractivity contribution is 7.90. The van der Waals surface area contributed by atoms with Crippen LogP contribution < -0.4 is 9.47 Å². The van der Waals surface area contributed by atoms with E-state index in [4.69, 9.17) is 14.2 Å². The molecule has 0 fully saturated rings. The van der Waals surface area contributed by atoms with Crippen molar-refractivity contribution in [3.05, 3.63) is 75.2 Å². The first kappa shape index (κ1) is 34.5. The quantitative estimate of drug-likeness (QED) is 0.210. The Balaban J connectivity index is 1.83. The molecular weight excluding hydrogens is 610 g/mol. The van der Waals surface area contributed by atoms with Crippen molar-refractivity contribution in [3.63, 3.8) is 0 Å². The SMILES string of the molecule is COCCN(C(=O)OC)S(=O)(=O)CC(=O)c1csc(CN(CCCc2ccccc2)C(=O)c2cc(OC)c(C)c(OC)c2)n1. The number of hydrogen-bond donors (Lipinski definition) is 0. The predicted molar refractivity (Wildman–Crippen MR) is 165 cm³/mol. The number of benzene rings is 2. The number of Topliss-reactive ketones (excluding diaryl/α,β-unsaturated/α-hetero) is 1. The fourth-order valence-electron chi connectivity index (χ4n) is 4.38. The number of sulfonamides is 1. The summed E-state index contributed by atoms with van der Waals surface area (Å²) in [6, 6.07) is 13.2. The molecule has 0 atom stereocenters. The molecule has 0 N–H and O–H groups in total. The fourth-order valence-corrected chi connectivity index (χ4v) is 6.48. The highest BCUT2D eigenvalue weighted by Crippen LogP contribution is 2.30. The second-order valence-electron chi connectivity index (χ2n) is 9.66. The van der Waals surface area contributed by atoms with E-state index in [9.17, 15) is 22.8 Å². The van der Waals surface area contributed by atoms with Crippen LogP contribution in [0, 0.1) is 6.92 Å². The fraction of sp³-hybridized carbons (Fsp3) is 0.400. The summed E-state index contributed by atoms with van der Waals surface area (Å²) in [7, 11) is 1.07. The molecule has 1 heterocycles. The van der Waals surface area contributed by atoms with Gasteiger partial charge in [0.1, 0.15) is 28.0 Å². The summed E-state index contributed by atoms with van der Waals surface area (Å²) in [5, 5.41) is 1.88. The number of carbonyl (C=O) groups is 3. The molecule has 0 aliphatic carbocycles. The van der Waals surface area contributed by atoms with Gasteiger partial charge in [0.2, 0.25) is 10.0 Å². The maximum atomic E-state index is 13.8. The maximum absolute atomic E-state index is 13.8. The van der Waals surface area contributed by atoms with Gasteiger partial charge in [-0.05, 0) is 37.5 Å². The van der Waals surface area contributed by atoms with Crippen molar-refractivity contribution in [1.82, 2.24) is 14.2 Å². The Morgan fingerprint density at radius 3 is 2.20 bits per heavy atom. The van der Waals surface area contributed by atoms with Crippen molar-refractivity contribution in [2.45, 2.75) is 26.3 Å². The minimum atomic E-state index is -4.37. The smallest absolute Gasteiger partial charge is 0.423 e. The van der Waals surface area contributed by atoms with E-state index >= 15 is 0 Å². The third-order valence-corrected chi connectivity index (χ3v) is 9.18. The van der Waals surface area contributed by atoms with E-state index in [0.29, 0.717) is 39.3 Å². The zero-order valence-electron chi connectivity index (χ0n) is 25.4. The average Bonchev–Trinajstić information content (AvgIpc) is 3.49. The Morgan fingerprint density at radius 2 is 1.61 bits per heavy atom. The van der Waals surface area contributed by atoms with E-state index in [1.807, 2.05) is 37.3 Å². The molecule has 238 valence electrons. The summed E-state index contributed by atoms with van der Waals surface area (Å²) in [6.07, 6.45) is 0.281. The van der Waals surface area contributed by atoms with Crippen LogP contribution >= 0.6 is 11.3 Å². The molecule has 0 bridgehead atoms. The number of thiazole rings is 1. The number of aryl methyl sites for hydroxylation is 1. The lowest BCUT2D eigenvalue weighted by Gasteiger charge is -2.23. The second kappa shape index (κ2) is 16.2. The second-order valence-corrected chi connectivity index (χ2v) is 12.5. The number of carbonyl (C=O) groups excluding carboxylic acids is 3. The summed E-state index contributed by atoms with van der Waals surface area (Å²) in [6.45, 7) is 1.92. The zero-order chi connectivity index (χ0) is 32.3. The van der Waals surface area contributed by atoms with E-state index in [1.165, 1.54) is 26.7 Å². The Hall–Kier alpha value is -4.01. The summed E-state index contributed by atoms with van der Waals surface area (Å²) >= 11 is 1.13. The van der Waals surface area contributed by atoms with Crippen LogP contribution in [0.2, 0.25) is 0 Å². The van der Waals surface area contributed by atoms with Crippen LogP contribution in [0.15, 0.2) is 47.8 Å². The number of methoxy groups -OCH3 is 4. The van der Waals surface area contributed by atoms with Crippen LogP contribution in [-0.4, -0.2) is 94.3 Å². The average molecular weight is 648 g/mol.